The smallest absolute Gasteiger partial charge is 0.272 e. The molecule has 1 aliphatic heterocycles. The van der Waals surface area contributed by atoms with Gasteiger partial charge in [0.15, 0.2) is 0 Å². The van der Waals surface area contributed by atoms with Crippen molar-refractivity contribution in [3.8, 4) is 0 Å². The third-order valence-corrected chi connectivity index (χ3v) is 1.61. The second-order valence-electron chi connectivity index (χ2n) is 2.45. The molecule has 1 heterocycles. The molecule has 3 heteroatoms. The Balaban J connectivity index is 2.23. The molecule has 1 aromatic carbocycles. The summed E-state index contributed by atoms with van der Waals surface area (Å²) in [7, 11) is 0. The van der Waals surface area contributed by atoms with Gasteiger partial charge in [-0.1, -0.05) is 18.2 Å². The van der Waals surface area contributed by atoms with Gasteiger partial charge in [0.1, 0.15) is 6.54 Å². The standard InChI is InChI=1S/C9H7N2O/c12-9-6-11(7-10-9)8-4-2-1-3-5-8/h1-7H. The lowest BCUT2D eigenvalue weighted by molar-refractivity contribution is -0.114. The molecule has 0 aromatic heterocycles. The Kier molecular flexibility index (Phi) is 1.63. The molecule has 0 aliphatic carbocycles. The van der Waals surface area contributed by atoms with Crippen LogP contribution in [0.4, 0.5) is 5.69 Å². The first-order chi connectivity index (χ1) is 5.86. The fourth-order valence-corrected chi connectivity index (χ4v) is 1.05. The first kappa shape index (κ1) is 7.03. The molecule has 2 rings (SSSR count). The monoisotopic (exact) mass is 159 g/mol. The molecular formula is C9H7N2O. The van der Waals surface area contributed by atoms with Gasteiger partial charge in [0.05, 0.1) is 6.34 Å². The van der Waals surface area contributed by atoms with E-state index >= 15 is 0 Å². The first-order valence-electron chi connectivity index (χ1n) is 3.63. The minimum atomic E-state index is -0.209. The number of nitrogens with zero attached hydrogens (tertiary/aromatic N) is 2. The van der Waals surface area contributed by atoms with Crippen LogP contribution in [0.25, 0.3) is 0 Å². The van der Waals surface area contributed by atoms with Gasteiger partial charge >= 0.3 is 0 Å². The summed E-state index contributed by atoms with van der Waals surface area (Å²) in [5.74, 6) is -0.209. The van der Waals surface area contributed by atoms with E-state index in [0.29, 0.717) is 0 Å². The van der Waals surface area contributed by atoms with Gasteiger partial charge in [0, 0.05) is 5.69 Å². The molecule has 1 amide bonds. The molecule has 0 saturated carbocycles. The van der Waals surface area contributed by atoms with Crippen molar-refractivity contribution in [3.63, 3.8) is 0 Å². The fraction of sp³-hybridized carbons (Fsp3) is 0. The number of carbonyl (C=O) groups is 1. The number of rotatable bonds is 1. The van der Waals surface area contributed by atoms with Gasteiger partial charge in [0.25, 0.3) is 5.91 Å². The highest BCUT2D eigenvalue weighted by Crippen LogP contribution is 2.15. The van der Waals surface area contributed by atoms with Crippen molar-refractivity contribution in [3.05, 3.63) is 36.9 Å². The average Bonchev–Trinajstić information content (AvgIpc) is 2.54. The van der Waals surface area contributed by atoms with E-state index in [2.05, 4.69) is 4.99 Å². The van der Waals surface area contributed by atoms with Crippen molar-refractivity contribution in [1.29, 1.82) is 0 Å². The Morgan fingerprint density at radius 2 is 1.92 bits per heavy atom. The molecule has 0 saturated heterocycles. The summed E-state index contributed by atoms with van der Waals surface area (Å²) in [6.07, 6.45) is 1.51. The maximum atomic E-state index is 10.7. The van der Waals surface area contributed by atoms with E-state index in [9.17, 15) is 4.79 Å². The molecule has 0 unspecified atom stereocenters. The Morgan fingerprint density at radius 3 is 2.50 bits per heavy atom. The van der Waals surface area contributed by atoms with Gasteiger partial charge in [-0.15, -0.1) is 0 Å². The van der Waals surface area contributed by atoms with Crippen LogP contribution in [0.2, 0.25) is 0 Å². The SMILES string of the molecule is O=C1[CH]N(c2ccccc2)C=N1. The molecule has 3 nitrogen and oxygen atoms in total. The molecule has 59 valence electrons. The topological polar surface area (TPSA) is 32.7 Å². The number of hydrogen-bond acceptors (Lipinski definition) is 2. The number of benzene rings is 1. The second-order valence-corrected chi connectivity index (χ2v) is 2.45. The number of amides is 1. The van der Waals surface area contributed by atoms with Crippen LogP contribution in [0.5, 0.6) is 0 Å². The zero-order valence-corrected chi connectivity index (χ0v) is 6.34. The maximum Gasteiger partial charge on any atom is 0.272 e. The van der Waals surface area contributed by atoms with Crippen molar-refractivity contribution < 1.29 is 4.79 Å². The molecule has 0 bridgehead atoms. The number of carbonyl (C=O) groups excluding carboxylic acids is 1. The third-order valence-electron chi connectivity index (χ3n) is 1.61. The van der Waals surface area contributed by atoms with Crippen molar-refractivity contribution in [2.24, 2.45) is 4.99 Å². The van der Waals surface area contributed by atoms with E-state index in [1.54, 1.807) is 4.90 Å². The maximum absolute atomic E-state index is 10.7. The zero-order chi connectivity index (χ0) is 8.39. The summed E-state index contributed by atoms with van der Waals surface area (Å²) >= 11 is 0. The van der Waals surface area contributed by atoms with E-state index in [-0.39, 0.29) is 5.91 Å². The van der Waals surface area contributed by atoms with E-state index < -0.39 is 0 Å². The summed E-state index contributed by atoms with van der Waals surface area (Å²) in [5.41, 5.74) is 0.951. The van der Waals surface area contributed by atoms with Crippen molar-refractivity contribution in [2.75, 3.05) is 4.90 Å². The second kappa shape index (κ2) is 2.77. The van der Waals surface area contributed by atoms with Gasteiger partial charge in [-0.25, -0.2) is 4.99 Å². The van der Waals surface area contributed by atoms with Gasteiger partial charge in [-0.2, -0.15) is 0 Å². The van der Waals surface area contributed by atoms with E-state index in [1.807, 2.05) is 30.3 Å². The Hall–Kier alpha value is -1.64. The molecule has 1 aromatic rings. The van der Waals surface area contributed by atoms with Crippen LogP contribution in [0.3, 0.4) is 0 Å². The molecule has 0 atom stereocenters. The summed E-state index contributed by atoms with van der Waals surface area (Å²) < 4.78 is 0. The van der Waals surface area contributed by atoms with Gasteiger partial charge < -0.3 is 4.90 Å². The van der Waals surface area contributed by atoms with Crippen molar-refractivity contribution >= 4 is 17.9 Å². The lowest BCUT2D eigenvalue weighted by Crippen LogP contribution is -2.14. The highest BCUT2D eigenvalue weighted by Gasteiger charge is 2.14. The molecule has 1 radical (unpaired) electrons. The molecule has 1 aliphatic rings. The summed E-state index contributed by atoms with van der Waals surface area (Å²) in [6, 6.07) is 9.60. The normalized spacial score (nSPS) is 15.7. The Bertz CT molecular complexity index is 319. The third kappa shape index (κ3) is 1.21. The van der Waals surface area contributed by atoms with Crippen LogP contribution in [-0.4, -0.2) is 12.2 Å². The molecule has 0 fully saturated rings. The average molecular weight is 159 g/mol. The number of para-hydroxylation sites is 1. The lowest BCUT2D eigenvalue weighted by atomic mass is 10.3. The first-order valence-corrected chi connectivity index (χ1v) is 3.63. The minimum Gasteiger partial charge on any atom is -0.317 e. The van der Waals surface area contributed by atoms with Crippen molar-refractivity contribution in [1.82, 2.24) is 0 Å². The highest BCUT2D eigenvalue weighted by atomic mass is 16.1. The van der Waals surface area contributed by atoms with Crippen LogP contribution in [0.15, 0.2) is 35.3 Å². The Labute approximate surface area is 70.3 Å². The van der Waals surface area contributed by atoms with E-state index in [1.165, 1.54) is 12.9 Å². The summed E-state index contributed by atoms with van der Waals surface area (Å²) in [6.45, 7) is 1.45. The molecule has 0 N–H and O–H groups in total. The number of aliphatic imine (C=N–C) groups is 1. The summed E-state index contributed by atoms with van der Waals surface area (Å²) in [4.78, 5) is 16.0. The predicted octanol–water partition coefficient (Wildman–Crippen LogP) is 1.22. The van der Waals surface area contributed by atoms with Crippen LogP contribution < -0.4 is 4.90 Å². The van der Waals surface area contributed by atoms with Crippen molar-refractivity contribution in [2.45, 2.75) is 0 Å². The van der Waals surface area contributed by atoms with Gasteiger partial charge in [-0.05, 0) is 12.1 Å². The Morgan fingerprint density at radius 1 is 1.17 bits per heavy atom. The van der Waals surface area contributed by atoms with Crippen LogP contribution in [-0.2, 0) is 4.79 Å². The minimum absolute atomic E-state index is 0.209. The van der Waals surface area contributed by atoms with Crippen LogP contribution >= 0.6 is 0 Å². The van der Waals surface area contributed by atoms with Gasteiger partial charge in [-0.3, -0.25) is 4.79 Å². The fourth-order valence-electron chi connectivity index (χ4n) is 1.05. The van der Waals surface area contributed by atoms with E-state index in [4.69, 9.17) is 0 Å². The lowest BCUT2D eigenvalue weighted by Gasteiger charge is -2.10. The zero-order valence-electron chi connectivity index (χ0n) is 6.34. The molecule has 0 spiro atoms. The quantitative estimate of drug-likeness (QED) is 0.617. The largest absolute Gasteiger partial charge is 0.317 e. The molecular weight excluding hydrogens is 152 g/mol. The summed E-state index contributed by atoms with van der Waals surface area (Å²) in [5, 5.41) is 0. The predicted molar refractivity (Wildman–Crippen MR) is 46.7 cm³/mol. The van der Waals surface area contributed by atoms with Gasteiger partial charge in [0.2, 0.25) is 0 Å². The molecule has 12 heavy (non-hydrogen) atoms. The van der Waals surface area contributed by atoms with Crippen LogP contribution in [0.1, 0.15) is 0 Å². The van der Waals surface area contributed by atoms with E-state index in [0.717, 1.165) is 5.69 Å². The highest BCUT2D eigenvalue weighted by molar-refractivity contribution is 6.06. The number of hydrogen-bond donors (Lipinski definition) is 0. The number of anilines is 1. The van der Waals surface area contributed by atoms with Crippen LogP contribution in [0, 0.1) is 6.54 Å².